The van der Waals surface area contributed by atoms with E-state index in [1.807, 2.05) is 0 Å². The Balaban J connectivity index is 1.47. The number of H-pyrrole nitrogens is 1. The van der Waals surface area contributed by atoms with Crippen molar-refractivity contribution in [3.05, 3.63) is 46.4 Å². The standard InChI is InChI=1S/C17H20F3N5/c18-12-5-14(20)13(19)4-10(12)9-2-1-8(3-15(9)21)25-6-11-16(7-25)23-24-17(11)22/h4-5,8-9,15H,1-3,6-7,21H2,(H3,22,23,24)/t8?,9-,15?/m1/s1. The largest absolute Gasteiger partial charge is 0.382 e. The molecule has 1 saturated carbocycles. The minimum atomic E-state index is -1.17. The van der Waals surface area contributed by atoms with Crippen molar-refractivity contribution >= 4 is 5.82 Å². The number of aromatic amines is 1. The molecular formula is C17H20F3N5. The van der Waals surface area contributed by atoms with E-state index < -0.39 is 17.5 Å². The van der Waals surface area contributed by atoms with Crippen LogP contribution in [0, 0.1) is 17.5 Å². The van der Waals surface area contributed by atoms with E-state index in [2.05, 4.69) is 15.1 Å². The first-order valence-corrected chi connectivity index (χ1v) is 8.39. The third kappa shape index (κ3) is 2.79. The fraction of sp³-hybridized carbons (Fsp3) is 0.471. The average molecular weight is 351 g/mol. The zero-order chi connectivity index (χ0) is 17.7. The summed E-state index contributed by atoms with van der Waals surface area (Å²) in [5.41, 5.74) is 14.4. The van der Waals surface area contributed by atoms with Crippen LogP contribution in [-0.4, -0.2) is 27.2 Å². The molecule has 2 heterocycles. The zero-order valence-corrected chi connectivity index (χ0v) is 13.6. The number of rotatable bonds is 2. The number of hydrogen-bond donors (Lipinski definition) is 3. The smallest absolute Gasteiger partial charge is 0.161 e. The summed E-state index contributed by atoms with van der Waals surface area (Å²) in [6.45, 7) is 1.46. The molecule has 1 aliphatic heterocycles. The normalized spacial score (nSPS) is 26.8. The fourth-order valence-corrected chi connectivity index (χ4v) is 4.17. The first-order chi connectivity index (χ1) is 11.9. The van der Waals surface area contributed by atoms with Crippen LogP contribution in [0.25, 0.3) is 0 Å². The van der Waals surface area contributed by atoms with Gasteiger partial charge in [0.2, 0.25) is 0 Å². The molecule has 0 bridgehead atoms. The van der Waals surface area contributed by atoms with Gasteiger partial charge in [0.1, 0.15) is 11.6 Å². The topological polar surface area (TPSA) is 84.0 Å². The number of halogens is 3. The second-order valence-corrected chi connectivity index (χ2v) is 7.00. The molecule has 8 heteroatoms. The Morgan fingerprint density at radius 2 is 1.84 bits per heavy atom. The summed E-state index contributed by atoms with van der Waals surface area (Å²) >= 11 is 0. The van der Waals surface area contributed by atoms with E-state index in [9.17, 15) is 13.2 Å². The van der Waals surface area contributed by atoms with Gasteiger partial charge >= 0.3 is 0 Å². The molecule has 1 aromatic carbocycles. The van der Waals surface area contributed by atoms with Gasteiger partial charge in [-0.1, -0.05) is 0 Å². The highest BCUT2D eigenvalue weighted by atomic mass is 19.2. The predicted molar refractivity (Wildman–Crippen MR) is 86.9 cm³/mol. The van der Waals surface area contributed by atoms with Gasteiger partial charge in [0.05, 0.1) is 5.69 Å². The Kier molecular flexibility index (Phi) is 3.96. The van der Waals surface area contributed by atoms with E-state index in [1.54, 1.807) is 0 Å². The summed E-state index contributed by atoms with van der Waals surface area (Å²) in [6.07, 6.45) is 2.11. The Morgan fingerprint density at radius 3 is 2.56 bits per heavy atom. The molecule has 0 saturated heterocycles. The maximum absolute atomic E-state index is 14.1. The lowest BCUT2D eigenvalue weighted by molar-refractivity contribution is 0.136. The average Bonchev–Trinajstić information content (AvgIpc) is 3.14. The summed E-state index contributed by atoms with van der Waals surface area (Å²) < 4.78 is 40.7. The summed E-state index contributed by atoms with van der Waals surface area (Å²) in [7, 11) is 0. The van der Waals surface area contributed by atoms with Gasteiger partial charge in [-0.15, -0.1) is 0 Å². The van der Waals surface area contributed by atoms with Crippen LogP contribution in [0.3, 0.4) is 0 Å². The fourth-order valence-electron chi connectivity index (χ4n) is 4.17. The highest BCUT2D eigenvalue weighted by molar-refractivity contribution is 5.44. The molecule has 25 heavy (non-hydrogen) atoms. The zero-order valence-electron chi connectivity index (χ0n) is 13.6. The molecule has 2 aliphatic rings. The maximum atomic E-state index is 14.1. The van der Waals surface area contributed by atoms with Crippen LogP contribution in [0.15, 0.2) is 12.1 Å². The summed E-state index contributed by atoms with van der Waals surface area (Å²) in [5.74, 6) is -2.72. The molecule has 0 spiro atoms. The number of nitrogens with zero attached hydrogens (tertiary/aromatic N) is 2. The number of anilines is 1. The Bertz CT molecular complexity index is 806. The van der Waals surface area contributed by atoms with Crippen molar-refractivity contribution in [2.75, 3.05) is 5.73 Å². The second kappa shape index (κ2) is 6.03. The molecule has 1 aromatic heterocycles. The summed E-state index contributed by atoms with van der Waals surface area (Å²) in [5, 5.41) is 6.95. The van der Waals surface area contributed by atoms with Crippen LogP contribution < -0.4 is 11.5 Å². The van der Waals surface area contributed by atoms with Crippen LogP contribution in [0.4, 0.5) is 19.0 Å². The van der Waals surface area contributed by atoms with Crippen LogP contribution in [0.5, 0.6) is 0 Å². The number of nitrogens with two attached hydrogens (primary N) is 2. The molecule has 2 unspecified atom stereocenters. The van der Waals surface area contributed by atoms with E-state index in [1.165, 1.54) is 0 Å². The molecule has 134 valence electrons. The highest BCUT2D eigenvalue weighted by Gasteiger charge is 2.36. The van der Waals surface area contributed by atoms with E-state index >= 15 is 0 Å². The van der Waals surface area contributed by atoms with Crippen LogP contribution in [-0.2, 0) is 13.1 Å². The molecular weight excluding hydrogens is 331 g/mol. The van der Waals surface area contributed by atoms with Gasteiger partial charge in [0.25, 0.3) is 0 Å². The predicted octanol–water partition coefficient (Wildman–Crippen LogP) is 2.39. The quantitative estimate of drug-likeness (QED) is 0.726. The van der Waals surface area contributed by atoms with Crippen molar-refractivity contribution < 1.29 is 13.2 Å². The number of hydrogen-bond acceptors (Lipinski definition) is 4. The Labute approximate surface area is 143 Å². The van der Waals surface area contributed by atoms with Crippen molar-refractivity contribution in [1.82, 2.24) is 15.1 Å². The number of aromatic nitrogens is 2. The Morgan fingerprint density at radius 1 is 1.08 bits per heavy atom. The highest BCUT2D eigenvalue weighted by Crippen LogP contribution is 2.38. The lowest BCUT2D eigenvalue weighted by Gasteiger charge is -2.38. The van der Waals surface area contributed by atoms with Gasteiger partial charge in [-0.25, -0.2) is 13.2 Å². The summed E-state index contributed by atoms with van der Waals surface area (Å²) in [4.78, 5) is 2.29. The summed E-state index contributed by atoms with van der Waals surface area (Å²) in [6, 6.07) is 1.49. The number of fused-ring (bicyclic) bond motifs is 1. The van der Waals surface area contributed by atoms with Gasteiger partial charge < -0.3 is 11.5 Å². The second-order valence-electron chi connectivity index (χ2n) is 7.00. The number of benzene rings is 1. The SMILES string of the molecule is Nc1n[nH]c2c1CN(C1CC[C@H](c3cc(F)c(F)cc3F)C(N)C1)C2. The molecule has 4 rings (SSSR count). The van der Waals surface area contributed by atoms with Crippen LogP contribution in [0.1, 0.15) is 42.0 Å². The number of nitrogen functional groups attached to an aromatic ring is 1. The third-order valence-corrected chi connectivity index (χ3v) is 5.53. The van der Waals surface area contributed by atoms with Gasteiger partial charge in [-0.05, 0) is 30.9 Å². The first-order valence-electron chi connectivity index (χ1n) is 8.39. The van der Waals surface area contributed by atoms with Gasteiger partial charge in [0.15, 0.2) is 11.6 Å². The number of nitrogens with one attached hydrogen (secondary N) is 1. The minimum Gasteiger partial charge on any atom is -0.382 e. The molecule has 5 nitrogen and oxygen atoms in total. The van der Waals surface area contributed by atoms with Crippen molar-refractivity contribution in [3.8, 4) is 0 Å². The molecule has 1 aliphatic carbocycles. The molecule has 5 N–H and O–H groups in total. The molecule has 1 fully saturated rings. The van der Waals surface area contributed by atoms with Crippen molar-refractivity contribution in [2.45, 2.75) is 50.4 Å². The van der Waals surface area contributed by atoms with E-state index in [0.717, 1.165) is 36.8 Å². The van der Waals surface area contributed by atoms with Crippen molar-refractivity contribution in [2.24, 2.45) is 5.73 Å². The van der Waals surface area contributed by atoms with Crippen molar-refractivity contribution in [3.63, 3.8) is 0 Å². The van der Waals surface area contributed by atoms with E-state index in [4.69, 9.17) is 11.5 Å². The van der Waals surface area contributed by atoms with Gasteiger partial charge in [-0.3, -0.25) is 10.00 Å². The van der Waals surface area contributed by atoms with Gasteiger partial charge in [-0.2, -0.15) is 5.10 Å². The van der Waals surface area contributed by atoms with Crippen molar-refractivity contribution in [1.29, 1.82) is 0 Å². The van der Waals surface area contributed by atoms with E-state index in [-0.39, 0.29) is 23.6 Å². The minimum absolute atomic E-state index is 0.171. The van der Waals surface area contributed by atoms with E-state index in [0.29, 0.717) is 24.7 Å². The lowest BCUT2D eigenvalue weighted by atomic mass is 9.77. The van der Waals surface area contributed by atoms with Gasteiger partial charge in [0, 0.05) is 42.7 Å². The third-order valence-electron chi connectivity index (χ3n) is 5.53. The molecule has 2 aromatic rings. The lowest BCUT2D eigenvalue weighted by Crippen LogP contribution is -2.44. The first kappa shape index (κ1) is 16.4. The monoisotopic (exact) mass is 351 g/mol. The molecule has 0 radical (unpaired) electrons. The maximum Gasteiger partial charge on any atom is 0.161 e. The molecule has 0 amide bonds. The molecule has 3 atom stereocenters. The van der Waals surface area contributed by atoms with Crippen LogP contribution in [0.2, 0.25) is 0 Å². The Hall–Kier alpha value is -2.06. The van der Waals surface area contributed by atoms with Crippen LogP contribution >= 0.6 is 0 Å².